The van der Waals surface area contributed by atoms with Crippen molar-refractivity contribution in [2.45, 2.75) is 58.0 Å². The average Bonchev–Trinajstić information content (AvgIpc) is 2.96. The Morgan fingerprint density at radius 1 is 1.38 bits per heavy atom. The van der Waals surface area contributed by atoms with Gasteiger partial charge in [-0.1, -0.05) is 19.8 Å². The molecule has 1 fully saturated rings. The summed E-state index contributed by atoms with van der Waals surface area (Å²) >= 11 is 1.45. The van der Waals surface area contributed by atoms with E-state index in [4.69, 9.17) is 0 Å². The first kappa shape index (κ1) is 14.7. The minimum Gasteiger partial charge on any atom is -0.308 e. The Morgan fingerprint density at radius 2 is 2.19 bits per heavy atom. The molecule has 0 unspecified atom stereocenters. The highest BCUT2D eigenvalue weighted by molar-refractivity contribution is 7.17. The summed E-state index contributed by atoms with van der Waals surface area (Å²) in [5, 5.41) is 5.47. The number of thiophene rings is 1. The predicted molar refractivity (Wildman–Crippen MR) is 87.7 cm³/mol. The molecule has 2 aromatic rings. The van der Waals surface area contributed by atoms with Gasteiger partial charge in [0.2, 0.25) is 0 Å². The molecule has 0 saturated heterocycles. The number of hydrogen-bond acceptors (Lipinski definition) is 4. The molecule has 4 nitrogen and oxygen atoms in total. The van der Waals surface area contributed by atoms with Crippen LogP contribution in [0.5, 0.6) is 0 Å². The van der Waals surface area contributed by atoms with Crippen LogP contribution in [-0.2, 0) is 6.54 Å². The second-order valence-electron chi connectivity index (χ2n) is 6.03. The van der Waals surface area contributed by atoms with Gasteiger partial charge in [-0.05, 0) is 43.0 Å². The minimum absolute atomic E-state index is 0.0153. The van der Waals surface area contributed by atoms with Gasteiger partial charge in [-0.2, -0.15) is 0 Å². The summed E-state index contributed by atoms with van der Waals surface area (Å²) < 4.78 is 0.721. The van der Waals surface area contributed by atoms with E-state index in [-0.39, 0.29) is 5.56 Å². The first-order valence-electron chi connectivity index (χ1n) is 7.96. The highest BCUT2D eigenvalue weighted by Gasteiger charge is 2.20. The Morgan fingerprint density at radius 3 is 2.95 bits per heavy atom. The van der Waals surface area contributed by atoms with Gasteiger partial charge in [-0.15, -0.1) is 11.3 Å². The third kappa shape index (κ3) is 3.52. The van der Waals surface area contributed by atoms with Crippen LogP contribution in [0.1, 0.15) is 51.3 Å². The molecule has 1 saturated carbocycles. The number of nitrogens with zero attached hydrogens (tertiary/aromatic N) is 1. The zero-order valence-electron chi connectivity index (χ0n) is 12.5. The van der Waals surface area contributed by atoms with E-state index in [0.717, 1.165) is 22.0 Å². The standard InChI is InChI=1S/C16H23N3OS/c1-2-3-11-4-6-12(7-5-11)17-10-14-18-13-8-9-21-15(13)16(20)19-14/h8-9,11-12,17H,2-7,10H2,1H3,(H,18,19,20). The van der Waals surface area contributed by atoms with Gasteiger partial charge in [0.1, 0.15) is 10.5 Å². The number of hydrogen-bond donors (Lipinski definition) is 2. The van der Waals surface area contributed by atoms with Crippen molar-refractivity contribution in [1.82, 2.24) is 15.3 Å². The van der Waals surface area contributed by atoms with Crippen molar-refractivity contribution in [3.63, 3.8) is 0 Å². The average molecular weight is 305 g/mol. The van der Waals surface area contributed by atoms with Gasteiger partial charge in [-0.3, -0.25) is 4.79 Å². The van der Waals surface area contributed by atoms with E-state index in [0.29, 0.717) is 12.6 Å². The van der Waals surface area contributed by atoms with Crippen molar-refractivity contribution in [2.75, 3.05) is 0 Å². The maximum absolute atomic E-state index is 11.9. The highest BCUT2D eigenvalue weighted by atomic mass is 32.1. The zero-order chi connectivity index (χ0) is 14.7. The number of aromatic amines is 1. The normalized spacial score (nSPS) is 22.7. The quantitative estimate of drug-likeness (QED) is 0.889. The van der Waals surface area contributed by atoms with Crippen LogP contribution in [0, 0.1) is 5.92 Å². The third-order valence-corrected chi connectivity index (χ3v) is 5.37. The van der Waals surface area contributed by atoms with Crippen molar-refractivity contribution in [2.24, 2.45) is 5.92 Å². The van der Waals surface area contributed by atoms with E-state index >= 15 is 0 Å². The number of H-pyrrole nitrogens is 1. The Hall–Kier alpha value is -1.20. The molecule has 1 aliphatic carbocycles. The van der Waals surface area contributed by atoms with Crippen LogP contribution >= 0.6 is 11.3 Å². The molecule has 21 heavy (non-hydrogen) atoms. The van der Waals surface area contributed by atoms with Crippen molar-refractivity contribution < 1.29 is 0 Å². The van der Waals surface area contributed by atoms with E-state index in [1.807, 2.05) is 11.4 Å². The lowest BCUT2D eigenvalue weighted by molar-refractivity contribution is 0.276. The SMILES string of the molecule is CCCC1CCC(NCc2nc3ccsc3c(=O)[nH]2)CC1. The molecule has 0 bridgehead atoms. The monoisotopic (exact) mass is 305 g/mol. The van der Waals surface area contributed by atoms with Gasteiger partial charge in [0.25, 0.3) is 5.56 Å². The molecular formula is C16H23N3OS. The van der Waals surface area contributed by atoms with Gasteiger partial charge >= 0.3 is 0 Å². The van der Waals surface area contributed by atoms with Crippen LogP contribution in [-0.4, -0.2) is 16.0 Å². The summed E-state index contributed by atoms with van der Waals surface area (Å²) in [5.41, 5.74) is 0.797. The van der Waals surface area contributed by atoms with Crippen molar-refractivity contribution >= 4 is 21.6 Å². The van der Waals surface area contributed by atoms with Gasteiger partial charge < -0.3 is 10.3 Å². The van der Waals surface area contributed by atoms with Crippen LogP contribution in [0.15, 0.2) is 16.2 Å². The fourth-order valence-corrected chi connectivity index (χ4v) is 4.04. The largest absolute Gasteiger partial charge is 0.308 e. The summed E-state index contributed by atoms with van der Waals surface area (Å²) in [4.78, 5) is 19.3. The lowest BCUT2D eigenvalue weighted by atomic mass is 9.83. The van der Waals surface area contributed by atoms with Crippen LogP contribution in [0.3, 0.4) is 0 Å². The number of aromatic nitrogens is 2. The minimum atomic E-state index is -0.0153. The molecule has 1 aliphatic rings. The molecule has 114 valence electrons. The van der Waals surface area contributed by atoms with Gasteiger partial charge in [0.15, 0.2) is 0 Å². The van der Waals surface area contributed by atoms with E-state index in [9.17, 15) is 4.79 Å². The number of nitrogens with one attached hydrogen (secondary N) is 2. The lowest BCUT2D eigenvalue weighted by Crippen LogP contribution is -2.33. The maximum atomic E-state index is 11.9. The van der Waals surface area contributed by atoms with Crippen molar-refractivity contribution in [3.05, 3.63) is 27.6 Å². The fraction of sp³-hybridized carbons (Fsp3) is 0.625. The Kier molecular flexibility index (Phi) is 4.70. The Bertz CT molecular complexity index is 640. The van der Waals surface area contributed by atoms with Gasteiger partial charge in [-0.25, -0.2) is 4.98 Å². The molecule has 3 rings (SSSR count). The fourth-order valence-electron chi connectivity index (χ4n) is 3.31. The van der Waals surface area contributed by atoms with Crippen molar-refractivity contribution in [3.8, 4) is 0 Å². The molecule has 5 heteroatoms. The topological polar surface area (TPSA) is 57.8 Å². The third-order valence-electron chi connectivity index (χ3n) is 4.47. The highest BCUT2D eigenvalue weighted by Crippen LogP contribution is 2.27. The molecule has 2 N–H and O–H groups in total. The second kappa shape index (κ2) is 6.71. The molecular weight excluding hydrogens is 282 g/mol. The van der Waals surface area contributed by atoms with Crippen LogP contribution < -0.4 is 10.9 Å². The molecule has 0 spiro atoms. The summed E-state index contributed by atoms with van der Waals surface area (Å²) in [7, 11) is 0. The van der Waals surface area contributed by atoms with E-state index < -0.39 is 0 Å². The molecule has 2 heterocycles. The van der Waals surface area contributed by atoms with Crippen molar-refractivity contribution in [1.29, 1.82) is 0 Å². The summed E-state index contributed by atoms with van der Waals surface area (Å²) in [6.45, 7) is 2.93. The lowest BCUT2D eigenvalue weighted by Gasteiger charge is -2.28. The van der Waals surface area contributed by atoms with Crippen LogP contribution in [0.25, 0.3) is 10.2 Å². The van der Waals surface area contributed by atoms with E-state index in [1.54, 1.807) is 0 Å². The summed E-state index contributed by atoms with van der Waals surface area (Å²) in [5.74, 6) is 1.68. The van der Waals surface area contributed by atoms with E-state index in [2.05, 4.69) is 22.2 Å². The van der Waals surface area contributed by atoms with E-state index in [1.165, 1.54) is 49.9 Å². The molecule has 0 radical (unpaired) electrons. The van der Waals surface area contributed by atoms with Gasteiger partial charge in [0.05, 0.1) is 12.1 Å². The molecule has 2 aromatic heterocycles. The maximum Gasteiger partial charge on any atom is 0.268 e. The van der Waals surface area contributed by atoms with Gasteiger partial charge in [0, 0.05) is 6.04 Å². The second-order valence-corrected chi connectivity index (χ2v) is 6.95. The predicted octanol–water partition coefficient (Wildman–Crippen LogP) is 3.43. The molecule has 0 amide bonds. The molecule has 0 aromatic carbocycles. The number of fused-ring (bicyclic) bond motifs is 1. The Labute approximate surface area is 129 Å². The van der Waals surface area contributed by atoms with Crippen LogP contribution in [0.2, 0.25) is 0 Å². The smallest absolute Gasteiger partial charge is 0.268 e. The molecule has 0 atom stereocenters. The Balaban J connectivity index is 1.56. The molecule has 0 aliphatic heterocycles. The number of rotatable bonds is 5. The summed E-state index contributed by atoms with van der Waals surface area (Å²) in [6.07, 6.45) is 7.83. The summed E-state index contributed by atoms with van der Waals surface area (Å²) in [6, 6.07) is 2.48. The zero-order valence-corrected chi connectivity index (χ0v) is 13.3. The first-order valence-corrected chi connectivity index (χ1v) is 8.84. The first-order chi connectivity index (χ1) is 10.3. The van der Waals surface area contributed by atoms with Crippen LogP contribution in [0.4, 0.5) is 0 Å².